The van der Waals surface area contributed by atoms with Gasteiger partial charge >= 0.3 is 0 Å². The number of aliphatic hydroxyl groups excluding tert-OH is 1. The molecule has 2 bridgehead atoms. The molecule has 226 valence electrons. The molecule has 0 radical (unpaired) electrons. The average molecular weight is 593 g/mol. The summed E-state index contributed by atoms with van der Waals surface area (Å²) in [7, 11) is 0. The van der Waals surface area contributed by atoms with Crippen LogP contribution in [0.5, 0.6) is 0 Å². The van der Waals surface area contributed by atoms with Gasteiger partial charge in [0.1, 0.15) is 6.04 Å². The predicted molar refractivity (Wildman–Crippen MR) is 170 cm³/mol. The second-order valence-electron chi connectivity index (χ2n) is 12.3. The Labute approximate surface area is 253 Å². The Morgan fingerprint density at radius 3 is 2.24 bits per heavy atom. The van der Waals surface area contributed by atoms with E-state index in [1.807, 2.05) is 68.4 Å². The molecule has 5 rings (SSSR count). The maximum atomic E-state index is 14.5. The standard InChI is InChI=1S/C33H44N4O4S/c1-6-36(7-2)24-15-13-23(14-16-24)35-31(40)29-33-21(5)18-26(42-33)27(30(39)34-22-11-9-8-10-12-22)28(33)32(41)37(29)25(19-38)17-20(3)4/h8-16,20-21,25-29,38H,6-7,17-19H2,1-5H3,(H,34,39)(H,35,40)/t21?,25-,26-,27+,28+,29?,33?/m1/s1. The molecule has 1 spiro atoms. The number of thioether (sulfide) groups is 1. The molecule has 3 fully saturated rings. The highest BCUT2D eigenvalue weighted by Gasteiger charge is 2.76. The molecule has 0 saturated carbocycles. The normalized spacial score (nSPS) is 28.6. The highest BCUT2D eigenvalue weighted by atomic mass is 32.2. The van der Waals surface area contributed by atoms with Gasteiger partial charge in [0.2, 0.25) is 17.7 Å². The molecule has 8 nitrogen and oxygen atoms in total. The van der Waals surface area contributed by atoms with Crippen molar-refractivity contribution in [1.29, 1.82) is 0 Å². The van der Waals surface area contributed by atoms with E-state index in [0.717, 1.165) is 25.2 Å². The van der Waals surface area contributed by atoms with Crippen molar-refractivity contribution in [1.82, 2.24) is 4.90 Å². The minimum absolute atomic E-state index is 0.0476. The van der Waals surface area contributed by atoms with Gasteiger partial charge in [0, 0.05) is 35.4 Å². The molecule has 9 heteroatoms. The Hall–Kier alpha value is -3.04. The zero-order valence-corrected chi connectivity index (χ0v) is 26.1. The van der Waals surface area contributed by atoms with Crippen molar-refractivity contribution in [3.63, 3.8) is 0 Å². The molecule has 7 atom stereocenters. The highest BCUT2D eigenvalue weighted by Crippen LogP contribution is 2.69. The molecule has 0 aromatic heterocycles. The molecule has 3 amide bonds. The summed E-state index contributed by atoms with van der Waals surface area (Å²) < 4.78 is -0.754. The van der Waals surface area contributed by atoms with Crippen molar-refractivity contribution in [3.8, 4) is 0 Å². The van der Waals surface area contributed by atoms with E-state index in [2.05, 4.69) is 36.3 Å². The number of hydrogen-bond donors (Lipinski definition) is 3. The van der Waals surface area contributed by atoms with Crippen LogP contribution in [0.1, 0.15) is 47.5 Å². The van der Waals surface area contributed by atoms with E-state index in [-0.39, 0.29) is 41.4 Å². The third-order valence-corrected chi connectivity index (χ3v) is 11.5. The number of carbonyl (C=O) groups excluding carboxylic acids is 3. The van der Waals surface area contributed by atoms with Gasteiger partial charge in [-0.15, -0.1) is 11.8 Å². The lowest BCUT2D eigenvalue weighted by Crippen LogP contribution is -2.57. The SMILES string of the molecule is CCN(CC)c1ccc(NC(=O)C2N([C@@H](CO)CC(C)C)C(=O)[C@@H]3[C@@H](C(=O)Nc4ccccc4)[C@H]4CC(C)C23S4)cc1. The fourth-order valence-corrected chi connectivity index (χ4v) is 9.98. The lowest BCUT2D eigenvalue weighted by Gasteiger charge is -2.40. The van der Waals surface area contributed by atoms with Crippen molar-refractivity contribution in [3.05, 3.63) is 54.6 Å². The molecule has 42 heavy (non-hydrogen) atoms. The number of amides is 3. The van der Waals surface area contributed by atoms with Gasteiger partial charge in [0.25, 0.3) is 0 Å². The van der Waals surface area contributed by atoms with Crippen LogP contribution in [-0.2, 0) is 14.4 Å². The number of rotatable bonds is 11. The quantitative estimate of drug-likeness (QED) is 0.345. The molecule has 3 saturated heterocycles. The number of para-hydroxylation sites is 1. The fourth-order valence-electron chi connectivity index (χ4n) is 7.57. The predicted octanol–water partition coefficient (Wildman–Crippen LogP) is 4.85. The molecule has 0 aliphatic carbocycles. The minimum atomic E-state index is -0.798. The third-order valence-electron chi connectivity index (χ3n) is 9.39. The monoisotopic (exact) mass is 592 g/mol. The van der Waals surface area contributed by atoms with Gasteiger partial charge in [-0.05, 0) is 74.9 Å². The van der Waals surface area contributed by atoms with E-state index < -0.39 is 28.7 Å². The smallest absolute Gasteiger partial charge is 0.248 e. The van der Waals surface area contributed by atoms with Gasteiger partial charge in [-0.25, -0.2) is 0 Å². The molecule has 3 heterocycles. The Balaban J connectivity index is 1.50. The number of benzene rings is 2. The maximum Gasteiger partial charge on any atom is 0.248 e. The number of likely N-dealkylation sites (tertiary alicyclic amines) is 1. The molecule has 3 unspecified atom stereocenters. The first-order valence-corrected chi connectivity index (χ1v) is 16.2. The summed E-state index contributed by atoms with van der Waals surface area (Å²) in [5.74, 6) is -1.56. The molecule has 3 aliphatic rings. The van der Waals surface area contributed by atoms with Crippen molar-refractivity contribution < 1.29 is 19.5 Å². The second-order valence-corrected chi connectivity index (χ2v) is 13.9. The van der Waals surface area contributed by atoms with E-state index in [1.165, 1.54) is 0 Å². The Morgan fingerprint density at radius 2 is 1.64 bits per heavy atom. The van der Waals surface area contributed by atoms with Crippen LogP contribution in [0.2, 0.25) is 0 Å². The van der Waals surface area contributed by atoms with Gasteiger partial charge in [0.15, 0.2) is 0 Å². The molecular formula is C33H44N4O4S. The lowest BCUT2D eigenvalue weighted by atomic mass is 9.66. The van der Waals surface area contributed by atoms with Crippen LogP contribution >= 0.6 is 11.8 Å². The second kappa shape index (κ2) is 12.3. The van der Waals surface area contributed by atoms with Crippen LogP contribution in [0.4, 0.5) is 17.1 Å². The Bertz CT molecular complexity index is 1280. The minimum Gasteiger partial charge on any atom is -0.394 e. The zero-order chi connectivity index (χ0) is 30.2. The van der Waals surface area contributed by atoms with Gasteiger partial charge in [-0.2, -0.15) is 0 Å². The number of nitrogens with zero attached hydrogens (tertiary/aromatic N) is 2. The zero-order valence-electron chi connectivity index (χ0n) is 25.2. The summed E-state index contributed by atoms with van der Waals surface area (Å²) in [6.45, 7) is 12.0. The van der Waals surface area contributed by atoms with Crippen LogP contribution in [0.25, 0.3) is 0 Å². The van der Waals surface area contributed by atoms with Crippen LogP contribution in [0.15, 0.2) is 54.6 Å². The van der Waals surface area contributed by atoms with E-state index >= 15 is 0 Å². The third kappa shape index (κ3) is 5.19. The van der Waals surface area contributed by atoms with Gasteiger partial charge in [0.05, 0.1) is 29.2 Å². The average Bonchev–Trinajstić information content (AvgIpc) is 3.57. The number of carbonyl (C=O) groups is 3. The molecule has 2 aromatic rings. The summed E-state index contributed by atoms with van der Waals surface area (Å²) in [4.78, 5) is 46.5. The van der Waals surface area contributed by atoms with Crippen molar-refractivity contribution in [2.24, 2.45) is 23.7 Å². The molecule has 3 aliphatic heterocycles. The highest BCUT2D eigenvalue weighted by molar-refractivity contribution is 8.02. The summed E-state index contributed by atoms with van der Waals surface area (Å²) in [5.41, 5.74) is 2.43. The fraction of sp³-hybridized carbons (Fsp3) is 0.545. The lowest BCUT2D eigenvalue weighted by molar-refractivity contribution is -0.141. The summed E-state index contributed by atoms with van der Waals surface area (Å²) in [6, 6.07) is 15.8. The first-order chi connectivity index (χ1) is 20.2. The number of aliphatic hydroxyl groups is 1. The summed E-state index contributed by atoms with van der Waals surface area (Å²) >= 11 is 1.65. The van der Waals surface area contributed by atoms with Crippen LogP contribution < -0.4 is 15.5 Å². The Kier molecular flexibility index (Phi) is 8.90. The maximum absolute atomic E-state index is 14.5. The number of hydrogen-bond acceptors (Lipinski definition) is 6. The number of anilines is 3. The van der Waals surface area contributed by atoms with Crippen LogP contribution in [-0.4, -0.2) is 69.5 Å². The Morgan fingerprint density at radius 1 is 1.02 bits per heavy atom. The molecule has 3 N–H and O–H groups in total. The number of nitrogens with one attached hydrogen (secondary N) is 2. The van der Waals surface area contributed by atoms with Gasteiger partial charge in [-0.1, -0.05) is 39.0 Å². The van der Waals surface area contributed by atoms with Crippen molar-refractivity contribution >= 4 is 46.5 Å². The molecule has 2 aromatic carbocycles. The van der Waals surface area contributed by atoms with Gasteiger partial charge < -0.3 is 25.5 Å². The van der Waals surface area contributed by atoms with Crippen molar-refractivity contribution in [2.45, 2.75) is 69.5 Å². The molecular weight excluding hydrogens is 548 g/mol. The van der Waals surface area contributed by atoms with E-state index in [1.54, 1.807) is 16.7 Å². The van der Waals surface area contributed by atoms with Crippen LogP contribution in [0, 0.1) is 23.7 Å². The summed E-state index contributed by atoms with van der Waals surface area (Å²) in [6.07, 6.45) is 1.32. The van der Waals surface area contributed by atoms with Crippen molar-refractivity contribution in [2.75, 3.05) is 35.2 Å². The van der Waals surface area contributed by atoms with Crippen LogP contribution in [0.3, 0.4) is 0 Å². The van der Waals surface area contributed by atoms with E-state index in [0.29, 0.717) is 17.8 Å². The van der Waals surface area contributed by atoms with E-state index in [9.17, 15) is 19.5 Å². The largest absolute Gasteiger partial charge is 0.394 e. The topological polar surface area (TPSA) is 102 Å². The summed E-state index contributed by atoms with van der Waals surface area (Å²) in [5, 5.41) is 16.6. The number of fused-ring (bicyclic) bond motifs is 1. The first-order valence-electron chi connectivity index (χ1n) is 15.3. The first kappa shape index (κ1) is 30.4. The van der Waals surface area contributed by atoms with Gasteiger partial charge in [-0.3, -0.25) is 14.4 Å². The van der Waals surface area contributed by atoms with E-state index in [4.69, 9.17) is 0 Å².